The SMILES string of the molecule is O=C(O)[C@@H]1CC12CCC(c1ccnc3ccc(F)cc13)CC2. The van der Waals surface area contributed by atoms with Gasteiger partial charge in [0.1, 0.15) is 5.82 Å². The van der Waals surface area contributed by atoms with Gasteiger partial charge >= 0.3 is 5.97 Å². The van der Waals surface area contributed by atoms with E-state index in [0.717, 1.165) is 48.6 Å². The van der Waals surface area contributed by atoms with Crippen molar-refractivity contribution in [2.45, 2.75) is 38.0 Å². The molecule has 22 heavy (non-hydrogen) atoms. The van der Waals surface area contributed by atoms with E-state index in [-0.39, 0.29) is 17.2 Å². The molecule has 2 aliphatic rings. The number of aliphatic carboxylic acids is 1. The Morgan fingerprint density at radius 2 is 2.05 bits per heavy atom. The molecule has 0 unspecified atom stereocenters. The van der Waals surface area contributed by atoms with Crippen molar-refractivity contribution < 1.29 is 14.3 Å². The topological polar surface area (TPSA) is 50.2 Å². The predicted octanol–water partition coefficient (Wildman–Crippen LogP) is 4.12. The number of benzene rings is 1. The number of hydrogen-bond donors (Lipinski definition) is 1. The number of carboxylic acid groups (broad SMARTS) is 1. The quantitative estimate of drug-likeness (QED) is 0.907. The van der Waals surface area contributed by atoms with Crippen LogP contribution in [0.2, 0.25) is 0 Å². The molecule has 1 spiro atoms. The number of carbonyl (C=O) groups is 1. The molecule has 0 radical (unpaired) electrons. The molecule has 2 saturated carbocycles. The summed E-state index contributed by atoms with van der Waals surface area (Å²) in [5, 5.41) is 10.1. The molecule has 1 heterocycles. The molecule has 3 nitrogen and oxygen atoms in total. The molecule has 2 fully saturated rings. The molecular formula is C18H18FNO2. The highest BCUT2D eigenvalue weighted by molar-refractivity contribution is 5.82. The number of fused-ring (bicyclic) bond motifs is 1. The maximum atomic E-state index is 13.6. The first-order valence-corrected chi connectivity index (χ1v) is 7.86. The Balaban J connectivity index is 1.60. The van der Waals surface area contributed by atoms with Gasteiger partial charge in [0.25, 0.3) is 0 Å². The maximum Gasteiger partial charge on any atom is 0.307 e. The van der Waals surface area contributed by atoms with Gasteiger partial charge in [-0.3, -0.25) is 9.78 Å². The first kappa shape index (κ1) is 13.7. The molecule has 0 amide bonds. The lowest BCUT2D eigenvalue weighted by atomic mass is 9.75. The van der Waals surface area contributed by atoms with Gasteiger partial charge in [-0.2, -0.15) is 0 Å². The summed E-state index contributed by atoms with van der Waals surface area (Å²) in [6, 6.07) is 6.72. The molecule has 2 aliphatic carbocycles. The van der Waals surface area contributed by atoms with Crippen LogP contribution in [0, 0.1) is 17.2 Å². The van der Waals surface area contributed by atoms with Crippen molar-refractivity contribution >= 4 is 16.9 Å². The third-order valence-corrected chi connectivity index (χ3v) is 5.65. The summed E-state index contributed by atoms with van der Waals surface area (Å²) in [5.41, 5.74) is 2.04. The highest BCUT2D eigenvalue weighted by atomic mass is 19.1. The highest BCUT2D eigenvalue weighted by Crippen LogP contribution is 2.63. The monoisotopic (exact) mass is 299 g/mol. The van der Waals surface area contributed by atoms with Gasteiger partial charge in [0.2, 0.25) is 0 Å². The Kier molecular flexibility index (Phi) is 2.96. The summed E-state index contributed by atoms with van der Waals surface area (Å²) in [5.74, 6) is -0.634. The summed E-state index contributed by atoms with van der Waals surface area (Å²) < 4.78 is 13.6. The van der Waals surface area contributed by atoms with Gasteiger partial charge in [0.15, 0.2) is 0 Å². The van der Waals surface area contributed by atoms with Crippen molar-refractivity contribution in [2.24, 2.45) is 11.3 Å². The van der Waals surface area contributed by atoms with Crippen LogP contribution in [0.3, 0.4) is 0 Å². The lowest BCUT2D eigenvalue weighted by Gasteiger charge is -2.30. The van der Waals surface area contributed by atoms with Gasteiger partial charge in [-0.15, -0.1) is 0 Å². The zero-order valence-corrected chi connectivity index (χ0v) is 12.3. The van der Waals surface area contributed by atoms with E-state index < -0.39 is 5.97 Å². The minimum atomic E-state index is -0.644. The summed E-state index contributed by atoms with van der Waals surface area (Å²) in [6.45, 7) is 0. The molecule has 1 atom stereocenters. The Morgan fingerprint density at radius 1 is 1.27 bits per heavy atom. The van der Waals surface area contributed by atoms with E-state index in [4.69, 9.17) is 0 Å². The third-order valence-electron chi connectivity index (χ3n) is 5.65. The third kappa shape index (κ3) is 2.09. The average molecular weight is 299 g/mol. The van der Waals surface area contributed by atoms with Crippen molar-refractivity contribution in [1.29, 1.82) is 0 Å². The normalized spacial score (nSPS) is 30.6. The van der Waals surface area contributed by atoms with Gasteiger partial charge in [0, 0.05) is 11.6 Å². The van der Waals surface area contributed by atoms with Crippen LogP contribution in [0.4, 0.5) is 4.39 Å². The smallest absolute Gasteiger partial charge is 0.307 e. The largest absolute Gasteiger partial charge is 0.481 e. The fourth-order valence-electron chi connectivity index (χ4n) is 4.25. The standard InChI is InChI=1S/C18H18FNO2/c19-12-1-2-16-14(9-12)13(5-8-20-16)11-3-6-18(7-4-11)10-15(18)17(21)22/h1-2,5,8-9,11,15H,3-4,6-7,10H2,(H,21,22)/t11?,15-,18?/m0/s1. The van der Waals surface area contributed by atoms with Gasteiger partial charge in [-0.25, -0.2) is 4.39 Å². The molecule has 1 aromatic heterocycles. The van der Waals surface area contributed by atoms with Crippen LogP contribution < -0.4 is 0 Å². The zero-order chi connectivity index (χ0) is 15.3. The summed E-state index contributed by atoms with van der Waals surface area (Å²) in [7, 11) is 0. The number of carboxylic acids is 1. The summed E-state index contributed by atoms with van der Waals surface area (Å²) in [6.07, 6.45) is 6.53. The number of rotatable bonds is 2. The van der Waals surface area contributed by atoms with Crippen LogP contribution in [0.5, 0.6) is 0 Å². The van der Waals surface area contributed by atoms with E-state index in [9.17, 15) is 14.3 Å². The Labute approximate surface area is 128 Å². The van der Waals surface area contributed by atoms with E-state index in [1.54, 1.807) is 18.3 Å². The average Bonchev–Trinajstić information content (AvgIpc) is 3.22. The first-order valence-electron chi connectivity index (χ1n) is 7.86. The number of halogens is 1. The Morgan fingerprint density at radius 3 is 2.73 bits per heavy atom. The van der Waals surface area contributed by atoms with Gasteiger partial charge in [-0.05, 0) is 73.3 Å². The van der Waals surface area contributed by atoms with Crippen molar-refractivity contribution in [1.82, 2.24) is 4.98 Å². The van der Waals surface area contributed by atoms with Crippen LogP contribution >= 0.6 is 0 Å². The fourth-order valence-corrected chi connectivity index (χ4v) is 4.25. The molecular weight excluding hydrogens is 281 g/mol. The van der Waals surface area contributed by atoms with Crippen molar-refractivity contribution in [3.05, 3.63) is 41.8 Å². The van der Waals surface area contributed by atoms with E-state index >= 15 is 0 Å². The molecule has 0 aliphatic heterocycles. The minimum absolute atomic E-state index is 0.0520. The highest BCUT2D eigenvalue weighted by Gasteiger charge is 2.58. The van der Waals surface area contributed by atoms with Crippen LogP contribution in [0.15, 0.2) is 30.5 Å². The number of nitrogens with zero attached hydrogens (tertiary/aromatic N) is 1. The molecule has 4 heteroatoms. The summed E-state index contributed by atoms with van der Waals surface area (Å²) in [4.78, 5) is 15.5. The van der Waals surface area contributed by atoms with E-state index in [1.165, 1.54) is 6.07 Å². The molecule has 0 bridgehead atoms. The molecule has 4 rings (SSSR count). The molecule has 2 aromatic rings. The van der Waals surface area contributed by atoms with Crippen LogP contribution in [-0.4, -0.2) is 16.1 Å². The Hall–Kier alpha value is -1.97. The maximum absolute atomic E-state index is 13.6. The van der Waals surface area contributed by atoms with Crippen LogP contribution in [-0.2, 0) is 4.79 Å². The number of pyridine rings is 1. The predicted molar refractivity (Wildman–Crippen MR) is 81.1 cm³/mol. The second kappa shape index (κ2) is 4.77. The lowest BCUT2D eigenvalue weighted by molar-refractivity contribution is -0.139. The van der Waals surface area contributed by atoms with E-state index in [0.29, 0.717) is 5.92 Å². The fraction of sp³-hybridized carbons (Fsp3) is 0.444. The molecule has 0 saturated heterocycles. The van der Waals surface area contributed by atoms with Gasteiger partial charge < -0.3 is 5.11 Å². The molecule has 1 N–H and O–H groups in total. The van der Waals surface area contributed by atoms with Crippen LogP contribution in [0.1, 0.15) is 43.6 Å². The number of aromatic nitrogens is 1. The van der Waals surface area contributed by atoms with Crippen molar-refractivity contribution in [2.75, 3.05) is 0 Å². The first-order chi connectivity index (χ1) is 10.6. The van der Waals surface area contributed by atoms with E-state index in [2.05, 4.69) is 4.98 Å². The molecule has 1 aromatic carbocycles. The Bertz CT molecular complexity index is 750. The van der Waals surface area contributed by atoms with Gasteiger partial charge in [0.05, 0.1) is 11.4 Å². The van der Waals surface area contributed by atoms with Gasteiger partial charge in [-0.1, -0.05) is 0 Å². The van der Waals surface area contributed by atoms with E-state index in [1.807, 2.05) is 6.07 Å². The summed E-state index contributed by atoms with van der Waals surface area (Å²) >= 11 is 0. The lowest BCUT2D eigenvalue weighted by Crippen LogP contribution is -2.18. The zero-order valence-electron chi connectivity index (χ0n) is 12.3. The van der Waals surface area contributed by atoms with Crippen molar-refractivity contribution in [3.63, 3.8) is 0 Å². The van der Waals surface area contributed by atoms with Crippen LogP contribution in [0.25, 0.3) is 10.9 Å². The number of hydrogen-bond acceptors (Lipinski definition) is 2. The molecule has 114 valence electrons. The second-order valence-electron chi connectivity index (χ2n) is 6.79. The van der Waals surface area contributed by atoms with Crippen molar-refractivity contribution in [3.8, 4) is 0 Å². The minimum Gasteiger partial charge on any atom is -0.481 e. The second-order valence-corrected chi connectivity index (χ2v) is 6.79.